The lowest BCUT2D eigenvalue weighted by Crippen LogP contribution is -2.30. The van der Waals surface area contributed by atoms with E-state index in [2.05, 4.69) is 22.3 Å². The van der Waals surface area contributed by atoms with Crippen molar-refractivity contribution in [2.45, 2.75) is 25.2 Å². The number of likely N-dealkylation sites (tertiary alicyclic amines) is 1. The van der Waals surface area contributed by atoms with Crippen molar-refractivity contribution in [2.24, 2.45) is 0 Å². The summed E-state index contributed by atoms with van der Waals surface area (Å²) in [5.74, 6) is 0.570. The molecule has 1 fully saturated rings. The lowest BCUT2D eigenvalue weighted by atomic mass is 9.96. The highest BCUT2D eigenvalue weighted by Gasteiger charge is 2.20. The van der Waals surface area contributed by atoms with Gasteiger partial charge in [0.1, 0.15) is 6.29 Å². The van der Waals surface area contributed by atoms with E-state index in [9.17, 15) is 4.79 Å². The van der Waals surface area contributed by atoms with E-state index < -0.39 is 0 Å². The van der Waals surface area contributed by atoms with Gasteiger partial charge in [0, 0.05) is 17.8 Å². The van der Waals surface area contributed by atoms with Crippen LogP contribution in [0.5, 0.6) is 0 Å². The minimum Gasteiger partial charge on any atom is -0.306 e. The molecule has 1 aromatic rings. The Morgan fingerprint density at radius 2 is 2.60 bits per heavy atom. The Bertz CT molecular complexity index is 337. The molecule has 0 spiro atoms. The van der Waals surface area contributed by atoms with Gasteiger partial charge >= 0.3 is 0 Å². The number of aldehydes is 1. The third-order valence-electron chi connectivity index (χ3n) is 2.87. The molecule has 1 atom stereocenters. The Kier molecular flexibility index (Phi) is 3.49. The molecule has 1 aliphatic heterocycles. The number of likely N-dealkylation sites (N-methyl/N-ethyl adjacent to an activating group) is 1. The fourth-order valence-corrected chi connectivity index (χ4v) is 2.91. The summed E-state index contributed by atoms with van der Waals surface area (Å²) < 4.78 is 0. The molecule has 1 aromatic heterocycles. The van der Waals surface area contributed by atoms with E-state index in [4.69, 9.17) is 0 Å². The first-order valence-electron chi connectivity index (χ1n) is 5.36. The summed E-state index contributed by atoms with van der Waals surface area (Å²) in [6, 6.07) is 0. The van der Waals surface area contributed by atoms with Gasteiger partial charge in [0.2, 0.25) is 0 Å². The van der Waals surface area contributed by atoms with Crippen LogP contribution in [0.3, 0.4) is 0 Å². The van der Waals surface area contributed by atoms with Gasteiger partial charge in [-0.15, -0.1) is 11.3 Å². The maximum absolute atomic E-state index is 10.4. The van der Waals surface area contributed by atoms with Crippen LogP contribution in [0.25, 0.3) is 0 Å². The standard InChI is InChI=1S/C11H16N2OS/c1-13-5-2-3-9(7-13)10-8-15-11(12-10)4-6-14/h6,8-9H,2-5,7H2,1H3. The van der Waals surface area contributed by atoms with Gasteiger partial charge in [-0.25, -0.2) is 4.98 Å². The molecule has 15 heavy (non-hydrogen) atoms. The van der Waals surface area contributed by atoms with Crippen molar-refractivity contribution in [1.82, 2.24) is 9.88 Å². The number of carbonyl (C=O) groups is 1. The van der Waals surface area contributed by atoms with E-state index >= 15 is 0 Å². The first kappa shape index (κ1) is 10.8. The maximum atomic E-state index is 10.4. The normalized spacial score (nSPS) is 22.9. The molecule has 1 saturated heterocycles. The number of piperidine rings is 1. The van der Waals surface area contributed by atoms with Crippen LogP contribution in [-0.4, -0.2) is 36.3 Å². The Morgan fingerprint density at radius 3 is 3.33 bits per heavy atom. The van der Waals surface area contributed by atoms with Gasteiger partial charge in [0.25, 0.3) is 0 Å². The molecular weight excluding hydrogens is 208 g/mol. The minimum absolute atomic E-state index is 0.466. The topological polar surface area (TPSA) is 33.2 Å². The SMILES string of the molecule is CN1CCCC(c2csc(CC=O)n2)C1. The zero-order chi connectivity index (χ0) is 10.7. The molecule has 0 bridgehead atoms. The van der Waals surface area contributed by atoms with Crippen LogP contribution in [0, 0.1) is 0 Å². The van der Waals surface area contributed by atoms with Crippen molar-refractivity contribution in [2.75, 3.05) is 20.1 Å². The number of carbonyl (C=O) groups excluding carboxylic acids is 1. The van der Waals surface area contributed by atoms with Crippen LogP contribution in [0.2, 0.25) is 0 Å². The lowest BCUT2D eigenvalue weighted by Gasteiger charge is -2.28. The number of nitrogens with zero attached hydrogens (tertiary/aromatic N) is 2. The highest BCUT2D eigenvalue weighted by Crippen LogP contribution is 2.27. The average molecular weight is 224 g/mol. The van der Waals surface area contributed by atoms with Gasteiger partial charge in [-0.3, -0.25) is 0 Å². The fraction of sp³-hybridized carbons (Fsp3) is 0.636. The quantitative estimate of drug-likeness (QED) is 0.733. The number of hydrogen-bond donors (Lipinski definition) is 0. The van der Waals surface area contributed by atoms with Gasteiger partial charge in [-0.2, -0.15) is 0 Å². The molecule has 0 saturated carbocycles. The first-order chi connectivity index (χ1) is 7.29. The first-order valence-corrected chi connectivity index (χ1v) is 6.24. The van der Waals surface area contributed by atoms with Crippen molar-refractivity contribution in [1.29, 1.82) is 0 Å². The molecule has 0 aliphatic carbocycles. The largest absolute Gasteiger partial charge is 0.306 e. The Morgan fingerprint density at radius 1 is 1.73 bits per heavy atom. The van der Waals surface area contributed by atoms with Crippen molar-refractivity contribution >= 4 is 17.6 Å². The predicted molar refractivity (Wildman–Crippen MR) is 61.4 cm³/mol. The predicted octanol–water partition coefficient (Wildman–Crippen LogP) is 1.69. The Balaban J connectivity index is 2.04. The molecule has 0 radical (unpaired) electrons. The molecule has 3 nitrogen and oxygen atoms in total. The van der Waals surface area contributed by atoms with Crippen LogP contribution in [0.15, 0.2) is 5.38 Å². The molecular formula is C11H16N2OS. The van der Waals surface area contributed by atoms with Gasteiger partial charge < -0.3 is 9.69 Å². The third-order valence-corrected chi connectivity index (χ3v) is 3.76. The van der Waals surface area contributed by atoms with E-state index in [0.29, 0.717) is 12.3 Å². The summed E-state index contributed by atoms with van der Waals surface area (Å²) in [4.78, 5) is 17.2. The van der Waals surface area contributed by atoms with Gasteiger partial charge in [0.15, 0.2) is 0 Å². The van der Waals surface area contributed by atoms with E-state index in [1.807, 2.05) is 0 Å². The van der Waals surface area contributed by atoms with Gasteiger partial charge in [-0.1, -0.05) is 0 Å². The summed E-state index contributed by atoms with van der Waals surface area (Å²) in [7, 11) is 2.16. The smallest absolute Gasteiger partial charge is 0.126 e. The van der Waals surface area contributed by atoms with Crippen molar-refractivity contribution in [3.8, 4) is 0 Å². The van der Waals surface area contributed by atoms with Crippen molar-refractivity contribution in [3.05, 3.63) is 16.1 Å². The Hall–Kier alpha value is -0.740. The van der Waals surface area contributed by atoms with E-state index in [-0.39, 0.29) is 0 Å². The second-order valence-electron chi connectivity index (χ2n) is 4.14. The van der Waals surface area contributed by atoms with Crippen molar-refractivity contribution < 1.29 is 4.79 Å². The maximum Gasteiger partial charge on any atom is 0.126 e. The van der Waals surface area contributed by atoms with E-state index in [0.717, 1.165) is 17.8 Å². The second kappa shape index (κ2) is 4.86. The molecule has 0 aromatic carbocycles. The van der Waals surface area contributed by atoms with Crippen molar-refractivity contribution in [3.63, 3.8) is 0 Å². The molecule has 0 amide bonds. The summed E-state index contributed by atoms with van der Waals surface area (Å²) in [6.45, 7) is 2.30. The zero-order valence-corrected chi connectivity index (χ0v) is 9.80. The summed E-state index contributed by atoms with van der Waals surface area (Å²) in [5, 5.41) is 3.07. The molecule has 4 heteroatoms. The van der Waals surface area contributed by atoms with Crippen LogP contribution in [0.4, 0.5) is 0 Å². The van der Waals surface area contributed by atoms with Gasteiger partial charge in [-0.05, 0) is 26.4 Å². The average Bonchev–Trinajstić information content (AvgIpc) is 2.67. The summed E-state index contributed by atoms with van der Waals surface area (Å²) in [5.41, 5.74) is 1.18. The molecule has 0 N–H and O–H groups in total. The minimum atomic E-state index is 0.466. The van der Waals surface area contributed by atoms with Crippen LogP contribution in [-0.2, 0) is 11.2 Å². The monoisotopic (exact) mass is 224 g/mol. The molecule has 1 unspecified atom stereocenters. The number of thiazole rings is 1. The zero-order valence-electron chi connectivity index (χ0n) is 8.98. The number of rotatable bonds is 3. The summed E-state index contributed by atoms with van der Waals surface area (Å²) in [6.07, 6.45) is 3.87. The second-order valence-corrected chi connectivity index (χ2v) is 5.08. The molecule has 1 aliphatic rings. The Labute approximate surface area is 94.1 Å². The summed E-state index contributed by atoms with van der Waals surface area (Å²) >= 11 is 1.61. The molecule has 2 heterocycles. The van der Waals surface area contributed by atoms with Gasteiger partial charge in [0.05, 0.1) is 17.1 Å². The van der Waals surface area contributed by atoms with E-state index in [1.165, 1.54) is 25.1 Å². The highest BCUT2D eigenvalue weighted by molar-refractivity contribution is 7.09. The third kappa shape index (κ3) is 2.63. The van der Waals surface area contributed by atoms with E-state index in [1.54, 1.807) is 11.3 Å². The fourth-order valence-electron chi connectivity index (χ4n) is 2.09. The molecule has 2 rings (SSSR count). The highest BCUT2D eigenvalue weighted by atomic mass is 32.1. The molecule has 82 valence electrons. The lowest BCUT2D eigenvalue weighted by molar-refractivity contribution is -0.107. The number of aromatic nitrogens is 1. The van der Waals surface area contributed by atoms with Crippen LogP contribution < -0.4 is 0 Å². The number of hydrogen-bond acceptors (Lipinski definition) is 4. The van der Waals surface area contributed by atoms with Crippen LogP contribution >= 0.6 is 11.3 Å². The van der Waals surface area contributed by atoms with Crippen LogP contribution in [0.1, 0.15) is 29.5 Å².